The lowest BCUT2D eigenvalue weighted by atomic mass is 10.2. The van der Waals surface area contributed by atoms with Crippen molar-refractivity contribution in [2.24, 2.45) is 0 Å². The third-order valence-electron chi connectivity index (χ3n) is 4.45. The van der Waals surface area contributed by atoms with Gasteiger partial charge in [0, 0.05) is 16.2 Å². The SMILES string of the molecule is O=C(Nc1nn(Cc2ccc(Cl)cc2Cl)cc1Cl)c1ccc(COc2ccc(F)cc2Cl)o1. The van der Waals surface area contributed by atoms with E-state index in [1.807, 2.05) is 0 Å². The van der Waals surface area contributed by atoms with Crippen LogP contribution in [0, 0.1) is 5.82 Å². The van der Waals surface area contributed by atoms with Gasteiger partial charge in [-0.1, -0.05) is 52.5 Å². The summed E-state index contributed by atoms with van der Waals surface area (Å²) in [7, 11) is 0. The quantitative estimate of drug-likeness (QED) is 0.277. The van der Waals surface area contributed by atoms with Crippen LogP contribution in [-0.4, -0.2) is 15.7 Å². The number of anilines is 1. The zero-order chi connectivity index (χ0) is 23.5. The van der Waals surface area contributed by atoms with Crippen LogP contribution in [0.2, 0.25) is 20.1 Å². The van der Waals surface area contributed by atoms with E-state index in [2.05, 4.69) is 10.4 Å². The molecular weight excluding hydrogens is 515 g/mol. The zero-order valence-corrected chi connectivity index (χ0v) is 19.6. The van der Waals surface area contributed by atoms with E-state index in [0.29, 0.717) is 28.1 Å². The van der Waals surface area contributed by atoms with Gasteiger partial charge in [-0.15, -0.1) is 0 Å². The predicted molar refractivity (Wildman–Crippen MR) is 125 cm³/mol. The van der Waals surface area contributed by atoms with Crippen molar-refractivity contribution in [2.45, 2.75) is 13.2 Å². The molecule has 0 aliphatic heterocycles. The molecule has 170 valence electrons. The Morgan fingerprint density at radius 2 is 1.85 bits per heavy atom. The van der Waals surface area contributed by atoms with Gasteiger partial charge in [-0.05, 0) is 48.0 Å². The van der Waals surface area contributed by atoms with Gasteiger partial charge in [0.2, 0.25) is 0 Å². The van der Waals surface area contributed by atoms with Crippen molar-refractivity contribution in [3.05, 3.63) is 97.7 Å². The number of aromatic nitrogens is 2. The Bertz CT molecular complexity index is 1320. The van der Waals surface area contributed by atoms with Crippen molar-refractivity contribution < 1.29 is 18.3 Å². The molecule has 0 unspecified atom stereocenters. The van der Waals surface area contributed by atoms with Gasteiger partial charge in [0.05, 0.1) is 11.6 Å². The Kier molecular flexibility index (Phi) is 7.14. The highest BCUT2D eigenvalue weighted by molar-refractivity contribution is 6.35. The first-order chi connectivity index (χ1) is 15.8. The maximum atomic E-state index is 13.1. The summed E-state index contributed by atoms with van der Waals surface area (Å²) in [6.45, 7) is 0.329. The molecular formula is C22H14Cl4FN3O3. The zero-order valence-electron chi connectivity index (χ0n) is 16.6. The van der Waals surface area contributed by atoms with Gasteiger partial charge in [0.25, 0.3) is 5.91 Å². The molecule has 0 fully saturated rings. The molecule has 4 rings (SSSR count). The van der Waals surface area contributed by atoms with E-state index in [0.717, 1.165) is 11.6 Å². The normalized spacial score (nSPS) is 10.9. The van der Waals surface area contributed by atoms with Gasteiger partial charge < -0.3 is 14.5 Å². The third-order valence-corrected chi connectivity index (χ3v) is 5.60. The first-order valence-electron chi connectivity index (χ1n) is 9.43. The van der Waals surface area contributed by atoms with E-state index in [4.69, 9.17) is 55.6 Å². The van der Waals surface area contributed by atoms with Gasteiger partial charge in [-0.2, -0.15) is 5.10 Å². The second-order valence-corrected chi connectivity index (χ2v) is 8.50. The molecule has 0 bridgehead atoms. The fourth-order valence-corrected chi connectivity index (χ4v) is 3.76. The van der Waals surface area contributed by atoms with E-state index in [-0.39, 0.29) is 28.2 Å². The number of benzene rings is 2. The molecule has 4 aromatic rings. The van der Waals surface area contributed by atoms with Crippen molar-refractivity contribution in [1.29, 1.82) is 0 Å². The van der Waals surface area contributed by atoms with Crippen LogP contribution in [0.15, 0.2) is 59.1 Å². The average Bonchev–Trinajstić information content (AvgIpc) is 3.36. The summed E-state index contributed by atoms with van der Waals surface area (Å²) < 4.78 is 25.7. The molecule has 0 radical (unpaired) electrons. The maximum absolute atomic E-state index is 13.1. The minimum Gasteiger partial charge on any atom is -0.484 e. The summed E-state index contributed by atoms with van der Waals surface area (Å²) in [6.07, 6.45) is 1.57. The third kappa shape index (κ3) is 5.81. The van der Waals surface area contributed by atoms with Crippen LogP contribution >= 0.6 is 46.4 Å². The number of hydrogen-bond donors (Lipinski definition) is 1. The molecule has 1 N–H and O–H groups in total. The van der Waals surface area contributed by atoms with E-state index < -0.39 is 11.7 Å². The van der Waals surface area contributed by atoms with E-state index >= 15 is 0 Å². The van der Waals surface area contributed by atoms with Gasteiger partial charge in [-0.25, -0.2) is 4.39 Å². The summed E-state index contributed by atoms with van der Waals surface area (Å²) in [5.41, 5.74) is 0.787. The second-order valence-electron chi connectivity index (χ2n) is 6.84. The number of nitrogens with one attached hydrogen (secondary N) is 1. The van der Waals surface area contributed by atoms with Crippen LogP contribution in [-0.2, 0) is 13.2 Å². The highest BCUT2D eigenvalue weighted by Gasteiger charge is 2.17. The number of hydrogen-bond acceptors (Lipinski definition) is 4. The van der Waals surface area contributed by atoms with Crippen molar-refractivity contribution in [3.63, 3.8) is 0 Å². The fourth-order valence-electron chi connectivity index (χ4n) is 2.88. The molecule has 0 saturated heterocycles. The highest BCUT2D eigenvalue weighted by Crippen LogP contribution is 2.27. The number of carbonyl (C=O) groups excluding carboxylic acids is 1. The molecule has 0 atom stereocenters. The number of halogens is 5. The van der Waals surface area contributed by atoms with E-state index in [9.17, 15) is 9.18 Å². The summed E-state index contributed by atoms with van der Waals surface area (Å²) >= 11 is 24.3. The number of ether oxygens (including phenoxy) is 1. The Labute approximate surface area is 207 Å². The van der Waals surface area contributed by atoms with Crippen LogP contribution in [0.4, 0.5) is 10.2 Å². The minimum atomic E-state index is -0.544. The molecule has 2 heterocycles. The molecule has 0 aliphatic rings. The average molecular weight is 529 g/mol. The Morgan fingerprint density at radius 3 is 2.61 bits per heavy atom. The molecule has 33 heavy (non-hydrogen) atoms. The fraction of sp³-hybridized carbons (Fsp3) is 0.0909. The number of rotatable bonds is 7. The van der Waals surface area contributed by atoms with Crippen LogP contribution < -0.4 is 10.1 Å². The van der Waals surface area contributed by atoms with Crippen LogP contribution in [0.1, 0.15) is 21.9 Å². The number of furan rings is 1. The Hall–Kier alpha value is -2.71. The molecule has 11 heteroatoms. The molecule has 0 saturated carbocycles. The lowest BCUT2D eigenvalue weighted by molar-refractivity contribution is 0.0992. The van der Waals surface area contributed by atoms with Crippen molar-refractivity contribution in [2.75, 3.05) is 5.32 Å². The molecule has 0 spiro atoms. The summed E-state index contributed by atoms with van der Waals surface area (Å²) in [5, 5.41) is 8.28. The second kappa shape index (κ2) is 10.1. The standard InChI is InChI=1S/C22H14Cl4FN3O3/c23-13-2-1-12(16(24)7-13)9-30-10-18(26)21(29-30)28-22(31)20-6-4-15(33-20)11-32-19-5-3-14(27)8-17(19)25/h1-8,10H,9,11H2,(H,28,29,31). The lowest BCUT2D eigenvalue weighted by Gasteiger charge is -2.06. The minimum absolute atomic E-state index is 0.00410. The van der Waals surface area contributed by atoms with Crippen LogP contribution in [0.25, 0.3) is 0 Å². The highest BCUT2D eigenvalue weighted by atomic mass is 35.5. The number of amides is 1. The van der Waals surface area contributed by atoms with Gasteiger partial charge in [-0.3, -0.25) is 9.48 Å². The Morgan fingerprint density at radius 1 is 1.03 bits per heavy atom. The van der Waals surface area contributed by atoms with Crippen molar-refractivity contribution in [3.8, 4) is 5.75 Å². The first-order valence-corrected chi connectivity index (χ1v) is 10.9. The van der Waals surface area contributed by atoms with Gasteiger partial charge >= 0.3 is 0 Å². The Balaban J connectivity index is 1.39. The molecule has 6 nitrogen and oxygen atoms in total. The molecule has 0 aliphatic carbocycles. The molecule has 2 aromatic carbocycles. The van der Waals surface area contributed by atoms with Gasteiger partial charge in [0.15, 0.2) is 11.6 Å². The molecule has 2 aromatic heterocycles. The monoisotopic (exact) mass is 527 g/mol. The largest absolute Gasteiger partial charge is 0.484 e. The van der Waals surface area contributed by atoms with Crippen molar-refractivity contribution >= 4 is 58.1 Å². The predicted octanol–water partition coefficient (Wildman–Crippen LogP) is 7.11. The van der Waals surface area contributed by atoms with E-state index in [1.54, 1.807) is 35.1 Å². The van der Waals surface area contributed by atoms with Crippen LogP contribution in [0.5, 0.6) is 5.75 Å². The summed E-state index contributed by atoms with van der Waals surface area (Å²) in [5.74, 6) is -0.156. The smallest absolute Gasteiger partial charge is 0.292 e. The van der Waals surface area contributed by atoms with E-state index in [1.165, 1.54) is 18.2 Å². The number of carbonyl (C=O) groups is 1. The number of nitrogens with zero attached hydrogens (tertiary/aromatic N) is 2. The molecule has 1 amide bonds. The maximum Gasteiger partial charge on any atom is 0.292 e. The van der Waals surface area contributed by atoms with Crippen LogP contribution in [0.3, 0.4) is 0 Å². The lowest BCUT2D eigenvalue weighted by Crippen LogP contribution is -2.12. The summed E-state index contributed by atoms with van der Waals surface area (Å²) in [4.78, 5) is 12.6. The summed E-state index contributed by atoms with van der Waals surface area (Å²) in [6, 6.07) is 12.0. The van der Waals surface area contributed by atoms with Gasteiger partial charge in [0.1, 0.15) is 29.0 Å². The van der Waals surface area contributed by atoms with Crippen molar-refractivity contribution in [1.82, 2.24) is 9.78 Å². The first kappa shape index (κ1) is 23.4. The topological polar surface area (TPSA) is 69.3 Å².